The second-order valence-corrected chi connectivity index (χ2v) is 9.45. The van der Waals surface area contributed by atoms with Crippen molar-refractivity contribution in [2.24, 2.45) is 0 Å². The number of amides is 3. The molecule has 4 heterocycles. The van der Waals surface area contributed by atoms with E-state index < -0.39 is 6.03 Å². The van der Waals surface area contributed by atoms with Crippen molar-refractivity contribution in [1.29, 1.82) is 5.26 Å². The zero-order valence-corrected chi connectivity index (χ0v) is 21.6. The molecule has 11 heteroatoms. The second-order valence-electron chi connectivity index (χ2n) is 9.45. The molecule has 1 saturated heterocycles. The molecule has 196 valence electrons. The molecule has 2 aromatic heterocycles. The number of carbonyl (C=O) groups is 3. The van der Waals surface area contributed by atoms with Crippen molar-refractivity contribution in [3.8, 4) is 18.4 Å². The number of aryl methyl sites for hydroxylation is 1. The lowest BCUT2D eigenvalue weighted by molar-refractivity contribution is -0.136. The van der Waals surface area contributed by atoms with E-state index in [0.29, 0.717) is 74.5 Å². The Hall–Kier alpha value is -4.48. The first-order valence-electron chi connectivity index (χ1n) is 12.4. The van der Waals surface area contributed by atoms with Gasteiger partial charge in [0, 0.05) is 64.0 Å². The predicted molar refractivity (Wildman–Crippen MR) is 143 cm³/mol. The molecular formula is C27H30N8O3. The molecule has 0 bridgehead atoms. The van der Waals surface area contributed by atoms with E-state index in [9.17, 15) is 19.6 Å². The number of hydrogen-bond acceptors (Lipinski definition) is 8. The van der Waals surface area contributed by atoms with Crippen LogP contribution in [0, 0.1) is 23.7 Å². The lowest BCUT2D eigenvalue weighted by Gasteiger charge is -2.33. The van der Waals surface area contributed by atoms with E-state index in [1.54, 1.807) is 11.0 Å². The molecule has 0 aromatic carbocycles. The lowest BCUT2D eigenvalue weighted by atomic mass is 10.0. The smallest absolute Gasteiger partial charge is 0.328 e. The first kappa shape index (κ1) is 26.6. The van der Waals surface area contributed by atoms with Gasteiger partial charge in [0.05, 0.1) is 17.8 Å². The van der Waals surface area contributed by atoms with Crippen molar-refractivity contribution in [3.05, 3.63) is 40.7 Å². The number of nitrogens with one attached hydrogen (secondary N) is 1. The number of carbonyl (C=O) groups excluding carboxylic acids is 3. The van der Waals surface area contributed by atoms with Gasteiger partial charge in [-0.3, -0.25) is 24.7 Å². The Kier molecular flexibility index (Phi) is 8.19. The highest BCUT2D eigenvalue weighted by atomic mass is 16.2. The Morgan fingerprint density at radius 1 is 1.32 bits per heavy atom. The largest absolute Gasteiger partial charge is 0.372 e. The summed E-state index contributed by atoms with van der Waals surface area (Å²) in [6.07, 6.45) is 9.37. The van der Waals surface area contributed by atoms with E-state index in [1.165, 1.54) is 11.1 Å². The van der Waals surface area contributed by atoms with Gasteiger partial charge in [0.25, 0.3) is 0 Å². The zero-order valence-electron chi connectivity index (χ0n) is 21.6. The summed E-state index contributed by atoms with van der Waals surface area (Å²) in [5, 5.41) is 12.3. The summed E-state index contributed by atoms with van der Waals surface area (Å²) in [4.78, 5) is 53.5. The number of likely N-dealkylation sites (N-methyl/N-ethyl adjacent to an activating group) is 1. The number of urea groups is 1. The van der Waals surface area contributed by atoms with Crippen LogP contribution < -0.4 is 15.1 Å². The van der Waals surface area contributed by atoms with Crippen LogP contribution >= 0.6 is 0 Å². The number of aromatic nitrogens is 2. The Morgan fingerprint density at radius 3 is 2.84 bits per heavy atom. The van der Waals surface area contributed by atoms with E-state index in [0.717, 1.165) is 18.5 Å². The van der Waals surface area contributed by atoms with Gasteiger partial charge in [-0.25, -0.2) is 14.8 Å². The maximum atomic E-state index is 13.3. The van der Waals surface area contributed by atoms with Gasteiger partial charge in [-0.1, -0.05) is 0 Å². The zero-order chi connectivity index (χ0) is 27.2. The number of nitriles is 1. The number of terminal acetylenes is 1. The molecule has 0 unspecified atom stereocenters. The van der Waals surface area contributed by atoms with Crippen LogP contribution in [-0.4, -0.2) is 84.8 Å². The molecule has 2 aliphatic heterocycles. The minimum Gasteiger partial charge on any atom is -0.372 e. The van der Waals surface area contributed by atoms with E-state index in [1.807, 2.05) is 30.0 Å². The average Bonchev–Trinajstić information content (AvgIpc) is 2.92. The lowest BCUT2D eigenvalue weighted by Crippen LogP contribution is -2.48. The van der Waals surface area contributed by atoms with Gasteiger partial charge >= 0.3 is 6.03 Å². The van der Waals surface area contributed by atoms with Gasteiger partial charge < -0.3 is 9.80 Å². The number of rotatable bonds is 7. The minimum absolute atomic E-state index is 0.00791. The van der Waals surface area contributed by atoms with Crippen molar-refractivity contribution < 1.29 is 14.4 Å². The van der Waals surface area contributed by atoms with Crippen LogP contribution in [0.4, 0.5) is 22.1 Å². The molecule has 1 N–H and O–H groups in total. The monoisotopic (exact) mass is 514 g/mol. The molecule has 3 amide bonds. The summed E-state index contributed by atoms with van der Waals surface area (Å²) < 4.78 is 0. The third-order valence-corrected chi connectivity index (χ3v) is 6.74. The number of piperazine rings is 1. The minimum atomic E-state index is -0.438. The Labute approximate surface area is 222 Å². The highest BCUT2D eigenvalue weighted by Crippen LogP contribution is 2.29. The first-order chi connectivity index (χ1) is 18.3. The standard InChI is InChI=1S/C27H30N8O3/c1-4-5-8-33(3)23-13-24(29-15-21(23)14-28)31-27(38)35-9-6-7-19-12-20(22(18-36)30-26(19)35)16-34-11-10-32(2)17-25(34)37/h1,12-13,15,18H,5-11,16-17H2,2-3H3,(H,29,31,38). The summed E-state index contributed by atoms with van der Waals surface area (Å²) >= 11 is 0. The first-order valence-corrected chi connectivity index (χ1v) is 12.4. The van der Waals surface area contributed by atoms with Crippen LogP contribution in [0.15, 0.2) is 18.3 Å². The van der Waals surface area contributed by atoms with Gasteiger partial charge in [-0.15, -0.1) is 12.3 Å². The van der Waals surface area contributed by atoms with E-state index in [4.69, 9.17) is 6.42 Å². The molecule has 11 nitrogen and oxygen atoms in total. The maximum Gasteiger partial charge on any atom is 0.328 e. The average molecular weight is 515 g/mol. The number of pyridine rings is 2. The molecular weight excluding hydrogens is 484 g/mol. The molecule has 1 fully saturated rings. The third kappa shape index (κ3) is 5.74. The van der Waals surface area contributed by atoms with E-state index >= 15 is 0 Å². The third-order valence-electron chi connectivity index (χ3n) is 6.74. The van der Waals surface area contributed by atoms with Crippen molar-refractivity contribution in [2.75, 3.05) is 61.9 Å². The summed E-state index contributed by atoms with van der Waals surface area (Å²) in [5.41, 5.74) is 2.71. The quantitative estimate of drug-likeness (QED) is 0.439. The van der Waals surface area contributed by atoms with Gasteiger partial charge in [-0.05, 0) is 31.5 Å². The molecule has 4 rings (SSSR count). The number of nitrogens with zero attached hydrogens (tertiary/aromatic N) is 7. The summed E-state index contributed by atoms with van der Waals surface area (Å²) in [6, 6.07) is 5.20. The topological polar surface area (TPSA) is 126 Å². The Balaban J connectivity index is 1.55. The number of hydrogen-bond donors (Lipinski definition) is 1. The molecule has 38 heavy (non-hydrogen) atoms. The van der Waals surface area contributed by atoms with Gasteiger partial charge in [-0.2, -0.15) is 5.26 Å². The van der Waals surface area contributed by atoms with E-state index in [-0.39, 0.29) is 17.4 Å². The number of anilines is 3. The van der Waals surface area contributed by atoms with E-state index in [2.05, 4.69) is 27.3 Å². The van der Waals surface area contributed by atoms with Crippen LogP contribution in [0.5, 0.6) is 0 Å². The Bertz CT molecular complexity index is 1330. The summed E-state index contributed by atoms with van der Waals surface area (Å²) in [7, 11) is 3.72. The molecule has 2 aliphatic rings. The fraction of sp³-hybridized carbons (Fsp3) is 0.407. The van der Waals surface area contributed by atoms with Crippen LogP contribution in [0.25, 0.3) is 0 Å². The number of aldehydes is 1. The van der Waals surface area contributed by atoms with Crippen LogP contribution in [-0.2, 0) is 17.8 Å². The highest BCUT2D eigenvalue weighted by molar-refractivity contribution is 6.02. The molecule has 0 spiro atoms. The van der Waals surface area contributed by atoms with Gasteiger partial charge in [0.2, 0.25) is 5.91 Å². The molecule has 0 atom stereocenters. The van der Waals surface area contributed by atoms with Crippen LogP contribution in [0.2, 0.25) is 0 Å². The van der Waals surface area contributed by atoms with Crippen molar-refractivity contribution in [1.82, 2.24) is 19.8 Å². The SMILES string of the molecule is C#CCCN(C)c1cc(NC(=O)N2CCCc3cc(CN4CCN(C)CC4=O)c(C=O)nc32)ncc1C#N. The fourth-order valence-corrected chi connectivity index (χ4v) is 4.63. The van der Waals surface area contributed by atoms with Crippen LogP contribution in [0.1, 0.15) is 40.0 Å². The summed E-state index contributed by atoms with van der Waals surface area (Å²) in [5.74, 6) is 3.29. The van der Waals surface area contributed by atoms with Crippen molar-refractivity contribution in [3.63, 3.8) is 0 Å². The predicted octanol–water partition coefficient (Wildman–Crippen LogP) is 1.88. The fourth-order valence-electron chi connectivity index (χ4n) is 4.63. The van der Waals surface area contributed by atoms with Crippen molar-refractivity contribution >= 4 is 35.5 Å². The van der Waals surface area contributed by atoms with Crippen molar-refractivity contribution in [2.45, 2.75) is 25.8 Å². The second kappa shape index (κ2) is 11.7. The van der Waals surface area contributed by atoms with Gasteiger partial charge in [0.1, 0.15) is 23.4 Å². The number of fused-ring (bicyclic) bond motifs is 1. The Morgan fingerprint density at radius 2 is 2.13 bits per heavy atom. The molecule has 0 saturated carbocycles. The molecule has 0 aliphatic carbocycles. The summed E-state index contributed by atoms with van der Waals surface area (Å²) in [6.45, 7) is 2.95. The molecule has 2 aromatic rings. The van der Waals surface area contributed by atoms with Gasteiger partial charge in [0.15, 0.2) is 6.29 Å². The molecule has 0 radical (unpaired) electrons. The highest BCUT2D eigenvalue weighted by Gasteiger charge is 2.28. The maximum absolute atomic E-state index is 13.3. The normalized spacial score (nSPS) is 15.3. The van der Waals surface area contributed by atoms with Crippen LogP contribution in [0.3, 0.4) is 0 Å².